The topological polar surface area (TPSA) is 66.1 Å². The number of para-hydroxylation sites is 1. The average molecular weight is 523 g/mol. The van der Waals surface area contributed by atoms with E-state index in [0.717, 1.165) is 32.7 Å². The second-order valence-electron chi connectivity index (χ2n) is 7.57. The highest BCUT2D eigenvalue weighted by Gasteiger charge is 2.18. The second kappa shape index (κ2) is 12.8. The molecule has 0 aromatic heterocycles. The number of piperazine rings is 1. The van der Waals surface area contributed by atoms with Crippen molar-refractivity contribution in [2.45, 2.75) is 26.1 Å². The van der Waals surface area contributed by atoms with E-state index < -0.39 is 0 Å². The fraction of sp³-hybridized carbons (Fsp3) is 0.435. The maximum absolute atomic E-state index is 6.03. The van der Waals surface area contributed by atoms with Gasteiger partial charge in [0.2, 0.25) is 0 Å². The van der Waals surface area contributed by atoms with E-state index in [-0.39, 0.29) is 30.0 Å². The molecule has 1 fully saturated rings. The summed E-state index contributed by atoms with van der Waals surface area (Å²) >= 11 is 0. The van der Waals surface area contributed by atoms with Crippen LogP contribution in [0.1, 0.15) is 18.1 Å². The zero-order chi connectivity index (χ0) is 20.5. The average Bonchev–Trinajstić information content (AvgIpc) is 2.74. The van der Waals surface area contributed by atoms with Gasteiger partial charge in [0.25, 0.3) is 0 Å². The summed E-state index contributed by atoms with van der Waals surface area (Å²) in [6, 6.07) is 19.3. The molecular formula is C23H34IN5O. The van der Waals surface area contributed by atoms with Crippen molar-refractivity contribution in [1.29, 1.82) is 0 Å². The second-order valence-corrected chi connectivity index (χ2v) is 7.57. The van der Waals surface area contributed by atoms with Gasteiger partial charge in [0.05, 0.1) is 13.2 Å². The molecule has 1 aliphatic rings. The molecular weight excluding hydrogens is 489 g/mol. The van der Waals surface area contributed by atoms with Crippen LogP contribution in [0.25, 0.3) is 0 Å². The Morgan fingerprint density at radius 1 is 1.03 bits per heavy atom. The van der Waals surface area contributed by atoms with E-state index in [0.29, 0.717) is 19.1 Å². The van der Waals surface area contributed by atoms with Crippen LogP contribution in [0, 0.1) is 0 Å². The third-order valence-corrected chi connectivity index (χ3v) is 5.24. The van der Waals surface area contributed by atoms with Crippen LogP contribution in [0.3, 0.4) is 0 Å². The number of nitrogens with two attached hydrogens (primary N) is 1. The van der Waals surface area contributed by atoms with Crippen molar-refractivity contribution < 1.29 is 4.74 Å². The van der Waals surface area contributed by atoms with E-state index in [1.165, 1.54) is 16.8 Å². The minimum Gasteiger partial charge on any atom is -0.383 e. The Balaban J connectivity index is 0.00000320. The quantitative estimate of drug-likeness (QED) is 0.317. The van der Waals surface area contributed by atoms with Crippen LogP contribution in [-0.2, 0) is 17.8 Å². The number of nitrogens with zero attached hydrogens (tertiary/aromatic N) is 3. The third kappa shape index (κ3) is 7.45. The number of hydrogen-bond donors (Lipinski definition) is 2. The van der Waals surface area contributed by atoms with Gasteiger partial charge in [0, 0.05) is 51.6 Å². The van der Waals surface area contributed by atoms with Gasteiger partial charge < -0.3 is 20.7 Å². The van der Waals surface area contributed by atoms with Gasteiger partial charge in [0.1, 0.15) is 0 Å². The van der Waals surface area contributed by atoms with Crippen LogP contribution >= 0.6 is 24.0 Å². The van der Waals surface area contributed by atoms with Crippen molar-refractivity contribution >= 4 is 35.6 Å². The zero-order valence-corrected chi connectivity index (χ0v) is 20.3. The molecule has 6 nitrogen and oxygen atoms in total. The molecule has 1 saturated heterocycles. The maximum atomic E-state index is 6.03. The summed E-state index contributed by atoms with van der Waals surface area (Å²) in [7, 11) is 1.68. The zero-order valence-electron chi connectivity index (χ0n) is 18.0. The standard InChI is InChI=1S/C23H33N5O.HI/c1-19(18-29-2)26-23(24)25-16-20-8-6-7-9-21(20)17-27-12-14-28(15-13-27)22-10-4-3-5-11-22;/h3-11,19H,12-18H2,1-2H3,(H3,24,25,26);1H. The summed E-state index contributed by atoms with van der Waals surface area (Å²) in [4.78, 5) is 9.50. The monoisotopic (exact) mass is 523 g/mol. The molecule has 3 rings (SSSR count). The number of halogens is 1. The first-order chi connectivity index (χ1) is 14.2. The number of guanidine groups is 1. The summed E-state index contributed by atoms with van der Waals surface area (Å²) in [6.07, 6.45) is 0. The lowest BCUT2D eigenvalue weighted by Crippen LogP contribution is -2.46. The van der Waals surface area contributed by atoms with Gasteiger partial charge in [0.15, 0.2) is 5.96 Å². The van der Waals surface area contributed by atoms with Gasteiger partial charge in [-0.3, -0.25) is 4.90 Å². The summed E-state index contributed by atoms with van der Waals surface area (Å²) in [5, 5.41) is 3.16. The first-order valence-electron chi connectivity index (χ1n) is 10.3. The van der Waals surface area contributed by atoms with Gasteiger partial charge in [-0.15, -0.1) is 24.0 Å². The van der Waals surface area contributed by atoms with Crippen molar-refractivity contribution in [3.63, 3.8) is 0 Å². The molecule has 2 aromatic carbocycles. The Morgan fingerprint density at radius 2 is 1.67 bits per heavy atom. The molecule has 1 atom stereocenters. The van der Waals surface area contributed by atoms with Crippen LogP contribution < -0.4 is 16.0 Å². The lowest BCUT2D eigenvalue weighted by Gasteiger charge is -2.36. The van der Waals surface area contributed by atoms with E-state index in [1.807, 2.05) is 6.92 Å². The van der Waals surface area contributed by atoms with Gasteiger partial charge in [-0.1, -0.05) is 42.5 Å². The number of nitrogens with one attached hydrogen (secondary N) is 1. The van der Waals surface area contributed by atoms with Crippen LogP contribution in [-0.4, -0.2) is 56.8 Å². The Kier molecular flexibility index (Phi) is 10.4. The summed E-state index contributed by atoms with van der Waals surface area (Å²) in [5.41, 5.74) is 9.88. The number of benzene rings is 2. The molecule has 1 heterocycles. The van der Waals surface area contributed by atoms with Crippen molar-refractivity contribution in [1.82, 2.24) is 10.2 Å². The number of aliphatic imine (C=N–C) groups is 1. The number of rotatable bonds is 8. The van der Waals surface area contributed by atoms with Crippen LogP contribution in [0.5, 0.6) is 0 Å². The van der Waals surface area contributed by atoms with Crippen molar-refractivity contribution in [2.24, 2.45) is 10.7 Å². The van der Waals surface area contributed by atoms with Crippen molar-refractivity contribution in [3.8, 4) is 0 Å². The Bertz CT molecular complexity index is 778. The van der Waals surface area contributed by atoms with Gasteiger partial charge in [-0.2, -0.15) is 0 Å². The SMILES string of the molecule is COCC(C)NC(N)=NCc1ccccc1CN1CCN(c2ccccc2)CC1.I. The lowest BCUT2D eigenvalue weighted by atomic mass is 10.1. The molecule has 1 aliphatic heterocycles. The molecule has 30 heavy (non-hydrogen) atoms. The number of methoxy groups -OCH3 is 1. The summed E-state index contributed by atoms with van der Waals surface area (Å²) in [6.45, 7) is 8.38. The molecule has 0 saturated carbocycles. The fourth-order valence-electron chi connectivity index (χ4n) is 3.67. The molecule has 0 bridgehead atoms. The van der Waals surface area contributed by atoms with Gasteiger partial charge >= 0.3 is 0 Å². The first-order valence-corrected chi connectivity index (χ1v) is 10.3. The predicted molar refractivity (Wildman–Crippen MR) is 136 cm³/mol. The predicted octanol–water partition coefficient (Wildman–Crippen LogP) is 3.07. The van der Waals surface area contributed by atoms with Crippen LogP contribution in [0.2, 0.25) is 0 Å². The van der Waals surface area contributed by atoms with E-state index in [4.69, 9.17) is 10.5 Å². The summed E-state index contributed by atoms with van der Waals surface area (Å²) in [5.74, 6) is 0.459. The van der Waals surface area contributed by atoms with Crippen LogP contribution in [0.4, 0.5) is 5.69 Å². The third-order valence-electron chi connectivity index (χ3n) is 5.24. The Morgan fingerprint density at radius 3 is 2.33 bits per heavy atom. The summed E-state index contributed by atoms with van der Waals surface area (Å²) < 4.78 is 5.12. The highest BCUT2D eigenvalue weighted by molar-refractivity contribution is 14.0. The Labute approximate surface area is 197 Å². The molecule has 0 radical (unpaired) electrons. The number of anilines is 1. The first kappa shape index (κ1) is 24.4. The number of ether oxygens (including phenoxy) is 1. The van der Waals surface area contributed by atoms with Crippen LogP contribution in [0.15, 0.2) is 59.6 Å². The molecule has 3 N–H and O–H groups in total. The fourth-order valence-corrected chi connectivity index (χ4v) is 3.67. The van der Waals surface area contributed by atoms with Gasteiger partial charge in [-0.05, 0) is 30.2 Å². The molecule has 0 spiro atoms. The molecule has 164 valence electrons. The maximum Gasteiger partial charge on any atom is 0.189 e. The molecule has 7 heteroatoms. The molecule has 1 unspecified atom stereocenters. The van der Waals surface area contributed by atoms with Crippen molar-refractivity contribution in [2.75, 3.05) is 44.8 Å². The van der Waals surface area contributed by atoms with E-state index >= 15 is 0 Å². The molecule has 2 aromatic rings. The van der Waals surface area contributed by atoms with E-state index in [1.54, 1.807) is 7.11 Å². The highest BCUT2D eigenvalue weighted by atomic mass is 127. The molecule has 0 amide bonds. The minimum absolute atomic E-state index is 0. The Hall–Kier alpha value is -1.84. The van der Waals surface area contributed by atoms with E-state index in [9.17, 15) is 0 Å². The largest absolute Gasteiger partial charge is 0.383 e. The lowest BCUT2D eigenvalue weighted by molar-refractivity contribution is 0.179. The highest BCUT2D eigenvalue weighted by Crippen LogP contribution is 2.18. The minimum atomic E-state index is 0. The number of hydrogen-bond acceptors (Lipinski definition) is 4. The van der Waals surface area contributed by atoms with Crippen molar-refractivity contribution in [3.05, 3.63) is 65.7 Å². The molecule has 0 aliphatic carbocycles. The normalized spacial score (nSPS) is 16.1. The van der Waals surface area contributed by atoms with Gasteiger partial charge in [-0.25, -0.2) is 4.99 Å². The van der Waals surface area contributed by atoms with E-state index in [2.05, 4.69) is 74.7 Å². The smallest absolute Gasteiger partial charge is 0.189 e.